The molecule has 0 radical (unpaired) electrons. The van der Waals surface area contributed by atoms with Crippen LogP contribution < -0.4 is 0 Å². The van der Waals surface area contributed by atoms with Crippen molar-refractivity contribution < 1.29 is 5.11 Å². The maximum Gasteiger partial charge on any atom is 0.205 e. The van der Waals surface area contributed by atoms with Crippen LogP contribution in [0.15, 0.2) is 48.7 Å². The first-order chi connectivity index (χ1) is 9.74. The van der Waals surface area contributed by atoms with Crippen LogP contribution in [0.1, 0.15) is 18.6 Å². The number of nitrogens with zero attached hydrogens (tertiary/aromatic N) is 5. The number of rotatable bonds is 3. The number of hydrogen-bond acceptors (Lipinski definition) is 5. The molecule has 2 aromatic heterocycles. The van der Waals surface area contributed by atoms with E-state index < -0.39 is 6.10 Å². The Kier molecular flexibility index (Phi) is 3.22. The molecular formula is C14H13N5O. The Hall–Kier alpha value is -2.60. The summed E-state index contributed by atoms with van der Waals surface area (Å²) in [6.07, 6.45) is 1.06. The summed E-state index contributed by atoms with van der Waals surface area (Å²) in [6.45, 7) is 1.69. The molecule has 0 fully saturated rings. The van der Waals surface area contributed by atoms with Crippen molar-refractivity contribution in [2.75, 3.05) is 0 Å². The summed E-state index contributed by atoms with van der Waals surface area (Å²) in [7, 11) is 0. The largest absolute Gasteiger partial charge is 0.389 e. The Balaban J connectivity index is 1.90. The summed E-state index contributed by atoms with van der Waals surface area (Å²) < 4.78 is 0. The van der Waals surface area contributed by atoms with E-state index in [2.05, 4.69) is 20.4 Å². The SMILES string of the molecule is CC(O)c1ccc(-n2nnc(-c3ccccc3)n2)nc1. The van der Waals surface area contributed by atoms with E-state index in [-0.39, 0.29) is 0 Å². The van der Waals surface area contributed by atoms with Crippen molar-refractivity contribution in [1.29, 1.82) is 0 Å². The normalized spacial score (nSPS) is 12.3. The van der Waals surface area contributed by atoms with E-state index in [1.54, 1.807) is 25.3 Å². The van der Waals surface area contributed by atoms with Crippen molar-refractivity contribution in [3.05, 3.63) is 54.2 Å². The lowest BCUT2D eigenvalue weighted by molar-refractivity contribution is 0.199. The predicted octanol–water partition coefficient (Wildman–Crippen LogP) is 1.78. The molecule has 100 valence electrons. The van der Waals surface area contributed by atoms with Gasteiger partial charge in [0.15, 0.2) is 5.82 Å². The fraction of sp³-hybridized carbons (Fsp3) is 0.143. The van der Waals surface area contributed by atoms with Crippen molar-refractivity contribution >= 4 is 0 Å². The first-order valence-electron chi connectivity index (χ1n) is 6.24. The third-order valence-corrected chi connectivity index (χ3v) is 2.90. The van der Waals surface area contributed by atoms with E-state index in [1.165, 1.54) is 4.80 Å². The third-order valence-electron chi connectivity index (χ3n) is 2.90. The lowest BCUT2D eigenvalue weighted by Gasteiger charge is -2.03. The molecule has 0 aliphatic rings. The van der Waals surface area contributed by atoms with Gasteiger partial charge in [0.05, 0.1) is 6.10 Å². The highest BCUT2D eigenvalue weighted by Gasteiger charge is 2.08. The Morgan fingerprint density at radius 3 is 2.55 bits per heavy atom. The zero-order valence-corrected chi connectivity index (χ0v) is 10.9. The number of pyridine rings is 1. The molecule has 1 aromatic carbocycles. The number of hydrogen-bond donors (Lipinski definition) is 1. The zero-order chi connectivity index (χ0) is 13.9. The quantitative estimate of drug-likeness (QED) is 0.782. The van der Waals surface area contributed by atoms with Gasteiger partial charge in [0.25, 0.3) is 0 Å². The van der Waals surface area contributed by atoms with Gasteiger partial charge in [0.1, 0.15) is 0 Å². The van der Waals surface area contributed by atoms with Crippen molar-refractivity contribution in [2.24, 2.45) is 0 Å². The standard InChI is InChI=1S/C14H13N5O/c1-10(20)12-7-8-13(15-9-12)19-17-14(16-18-19)11-5-3-2-4-6-11/h2-10,20H,1H3. The van der Waals surface area contributed by atoms with Crippen molar-refractivity contribution in [3.63, 3.8) is 0 Å². The van der Waals surface area contributed by atoms with Gasteiger partial charge in [0.2, 0.25) is 5.82 Å². The molecule has 0 spiro atoms. The highest BCUT2D eigenvalue weighted by Crippen LogP contribution is 2.14. The van der Waals surface area contributed by atoms with Crippen LogP contribution in [0, 0.1) is 0 Å². The molecule has 0 aliphatic heterocycles. The average molecular weight is 267 g/mol. The fourth-order valence-electron chi connectivity index (χ4n) is 1.78. The van der Waals surface area contributed by atoms with Crippen LogP contribution in [-0.2, 0) is 0 Å². The minimum atomic E-state index is -0.542. The van der Waals surface area contributed by atoms with Gasteiger partial charge in [-0.25, -0.2) is 4.98 Å². The summed E-state index contributed by atoms with van der Waals surface area (Å²) >= 11 is 0. The number of tetrazole rings is 1. The zero-order valence-electron chi connectivity index (χ0n) is 10.9. The molecule has 3 rings (SSSR count). The maximum absolute atomic E-state index is 9.45. The predicted molar refractivity (Wildman–Crippen MR) is 73.0 cm³/mol. The van der Waals surface area contributed by atoms with Crippen LogP contribution in [0.25, 0.3) is 17.2 Å². The minimum absolute atomic E-state index is 0.542. The highest BCUT2D eigenvalue weighted by atomic mass is 16.3. The first-order valence-corrected chi connectivity index (χ1v) is 6.24. The highest BCUT2D eigenvalue weighted by molar-refractivity contribution is 5.53. The van der Waals surface area contributed by atoms with Crippen molar-refractivity contribution in [3.8, 4) is 17.2 Å². The van der Waals surface area contributed by atoms with Crippen LogP contribution in [0.2, 0.25) is 0 Å². The van der Waals surface area contributed by atoms with Gasteiger partial charge in [-0.05, 0) is 23.8 Å². The molecule has 0 saturated heterocycles. The Labute approximate surface area is 115 Å². The smallest absolute Gasteiger partial charge is 0.205 e. The number of aliphatic hydroxyl groups is 1. The Morgan fingerprint density at radius 2 is 1.90 bits per heavy atom. The van der Waals surface area contributed by atoms with E-state index in [0.29, 0.717) is 11.6 Å². The van der Waals surface area contributed by atoms with Gasteiger partial charge in [0, 0.05) is 11.8 Å². The van der Waals surface area contributed by atoms with Gasteiger partial charge in [-0.3, -0.25) is 0 Å². The molecule has 1 unspecified atom stereocenters. The summed E-state index contributed by atoms with van der Waals surface area (Å²) in [5.74, 6) is 1.11. The molecule has 1 N–H and O–H groups in total. The molecule has 0 bridgehead atoms. The van der Waals surface area contributed by atoms with E-state index in [4.69, 9.17) is 0 Å². The molecule has 0 amide bonds. The lowest BCUT2D eigenvalue weighted by atomic mass is 10.2. The van der Waals surface area contributed by atoms with Crippen molar-refractivity contribution in [2.45, 2.75) is 13.0 Å². The molecule has 20 heavy (non-hydrogen) atoms. The Morgan fingerprint density at radius 1 is 1.10 bits per heavy atom. The molecule has 0 saturated carbocycles. The van der Waals surface area contributed by atoms with Crippen LogP contribution in [-0.4, -0.2) is 30.3 Å². The van der Waals surface area contributed by atoms with Gasteiger partial charge in [-0.1, -0.05) is 36.4 Å². The fourth-order valence-corrected chi connectivity index (χ4v) is 1.78. The number of benzene rings is 1. The van der Waals surface area contributed by atoms with Gasteiger partial charge < -0.3 is 5.11 Å². The molecule has 2 heterocycles. The monoisotopic (exact) mass is 267 g/mol. The maximum atomic E-state index is 9.45. The molecule has 6 heteroatoms. The molecule has 6 nitrogen and oxygen atoms in total. The van der Waals surface area contributed by atoms with Crippen molar-refractivity contribution in [1.82, 2.24) is 25.2 Å². The Bertz CT molecular complexity index is 691. The number of aliphatic hydroxyl groups excluding tert-OH is 1. The lowest BCUT2D eigenvalue weighted by Crippen LogP contribution is -2.03. The summed E-state index contributed by atoms with van der Waals surface area (Å²) in [5, 5.41) is 21.7. The van der Waals surface area contributed by atoms with E-state index in [1.807, 2.05) is 30.3 Å². The van der Waals surface area contributed by atoms with Crippen LogP contribution in [0.5, 0.6) is 0 Å². The van der Waals surface area contributed by atoms with Crippen LogP contribution in [0.4, 0.5) is 0 Å². The van der Waals surface area contributed by atoms with Gasteiger partial charge in [-0.15, -0.1) is 15.0 Å². The van der Waals surface area contributed by atoms with Gasteiger partial charge >= 0.3 is 0 Å². The number of aromatic nitrogens is 5. The molecule has 3 aromatic rings. The second-order valence-electron chi connectivity index (χ2n) is 4.39. The molecule has 1 atom stereocenters. The van der Waals surface area contributed by atoms with E-state index in [0.717, 1.165) is 11.1 Å². The minimum Gasteiger partial charge on any atom is -0.389 e. The third kappa shape index (κ3) is 2.41. The topological polar surface area (TPSA) is 76.7 Å². The second kappa shape index (κ2) is 5.18. The van der Waals surface area contributed by atoms with Crippen LogP contribution >= 0.6 is 0 Å². The van der Waals surface area contributed by atoms with Gasteiger partial charge in [-0.2, -0.15) is 0 Å². The van der Waals surface area contributed by atoms with E-state index in [9.17, 15) is 5.11 Å². The summed E-state index contributed by atoms with van der Waals surface area (Å²) in [6, 6.07) is 13.2. The van der Waals surface area contributed by atoms with E-state index >= 15 is 0 Å². The van der Waals surface area contributed by atoms with Crippen LogP contribution in [0.3, 0.4) is 0 Å². The summed E-state index contributed by atoms with van der Waals surface area (Å²) in [5.41, 5.74) is 1.65. The molecular weight excluding hydrogens is 254 g/mol. The first kappa shape index (κ1) is 12.4. The second-order valence-corrected chi connectivity index (χ2v) is 4.39. The molecule has 0 aliphatic carbocycles. The average Bonchev–Trinajstić information content (AvgIpc) is 2.98. The summed E-state index contributed by atoms with van der Waals surface area (Å²) in [4.78, 5) is 5.58.